The maximum Gasteiger partial charge on any atom is 2.00 e. The first-order valence-electron chi connectivity index (χ1n) is 21.1. The molecule has 9 N–H and O–H groups in total. The predicted octanol–water partition coefficient (Wildman–Crippen LogP) is 7.12. The number of carbonyl (C=O) groups excluding carboxylic acids is 2. The van der Waals surface area contributed by atoms with Gasteiger partial charge in [0.2, 0.25) is 32.9 Å². The third kappa shape index (κ3) is 15.6. The standard InChI is InChI=1S/C43H35ClN13O17S4.2CH4.Cu/c1-21-8-9-25(18-58)30(14-21)52-55-38(23-6-4-3-5-7-23)56-53-32-17-27(76(65,66)67)16-31(35(32)59)47-43-49-41(44)48-42(50-43)46-19-57-39(61)33(37(45)60)22(2)34(40(57)62)54-51-29-13-10-24-15-26(75(63,64)20-74-78(71,72)73)11-12-28(24)36(29)77(68,69)70;;;/h3-17H,19-20H2,1-2H3,(H10,45,46,47,48,49,50,51,52,53,54,55,56,58,59,60,61,62,65,66,67,68,69,70,71,72,73);2*1H4;/q-1;;;+2/p-1. The zero-order valence-corrected chi connectivity index (χ0v) is 44.5. The molecule has 81 heavy (non-hydrogen) atoms. The largest absolute Gasteiger partial charge is 2.00 e. The van der Waals surface area contributed by atoms with Crippen molar-refractivity contribution < 1.29 is 88.4 Å². The molecule has 0 atom stereocenters. The zero-order chi connectivity index (χ0) is 57.1. The average Bonchev–Trinajstić information content (AvgIpc) is 3.38. The second-order valence-corrected chi connectivity index (χ2v) is 21.9. The molecule has 0 fully saturated rings. The summed E-state index contributed by atoms with van der Waals surface area (Å²) in [6, 6.07) is 18.9. The number of amides is 1. The SMILES string of the molecule is C.C.Cc1ccc([C-]=O)c(N=NC(=N[N-]c2cc(S(=O)(=O)O)cc(Nc3nc(Cl)nc(NCn4c(O)c(C(N)=O)c(C)c(N=Nc5ccc6cc(S(=O)(=O)COS(=O)(=O)O)ccc6c5S(=O)(=O)O)c4=O)n3)c2O)c2ccccc2)c1.[Cu+2]. The van der Waals surface area contributed by atoms with Gasteiger partial charge in [-0.1, -0.05) is 80.7 Å². The number of nitrogens with zero attached hydrogens (tertiary/aromatic N) is 10. The van der Waals surface area contributed by atoms with Crippen molar-refractivity contribution in [3.8, 4) is 11.6 Å². The number of azo groups is 2. The summed E-state index contributed by atoms with van der Waals surface area (Å²) in [7, 11) is -20.1. The number of pyridine rings is 1. The monoisotopic (exact) mass is 1260 g/mol. The summed E-state index contributed by atoms with van der Waals surface area (Å²) in [5, 5.41) is 46.4. The third-order valence-corrected chi connectivity index (χ3v) is 14.4. The van der Waals surface area contributed by atoms with E-state index in [2.05, 4.69) is 60.8 Å². The molecule has 0 aliphatic rings. The van der Waals surface area contributed by atoms with Gasteiger partial charge < -0.3 is 41.9 Å². The van der Waals surface area contributed by atoms with Crippen LogP contribution in [-0.4, -0.2) is 101 Å². The number of primary amides is 1. The molecule has 7 aromatic rings. The van der Waals surface area contributed by atoms with E-state index in [4.69, 9.17) is 21.9 Å². The van der Waals surface area contributed by atoms with Crippen LogP contribution in [-0.2, 0) is 73.2 Å². The molecule has 2 heterocycles. The van der Waals surface area contributed by atoms with Gasteiger partial charge in [-0.2, -0.15) is 46.3 Å². The molecule has 30 nitrogen and oxygen atoms in total. The first kappa shape index (κ1) is 65.3. The number of nitrogens with two attached hydrogens (primary N) is 1. The van der Waals surface area contributed by atoms with Gasteiger partial charge in [-0.25, -0.2) is 17.7 Å². The molecule has 0 aliphatic carbocycles. The Hall–Kier alpha value is -8.22. The van der Waals surface area contributed by atoms with Crippen LogP contribution in [0.4, 0.5) is 40.3 Å². The Labute approximate surface area is 475 Å². The quantitative estimate of drug-likeness (QED) is 0.00584. The van der Waals surface area contributed by atoms with Crippen LogP contribution in [0.25, 0.3) is 16.2 Å². The molecule has 0 aliphatic heterocycles. The molecule has 431 valence electrons. The molecule has 0 saturated heterocycles. The third-order valence-electron chi connectivity index (χ3n) is 10.5. The van der Waals surface area contributed by atoms with E-state index in [-0.39, 0.29) is 65.3 Å². The van der Waals surface area contributed by atoms with Crippen LogP contribution in [0.1, 0.15) is 47.5 Å². The number of hydrogen-bond donors (Lipinski definition) is 8. The van der Waals surface area contributed by atoms with E-state index in [9.17, 15) is 67.4 Å². The summed E-state index contributed by atoms with van der Waals surface area (Å²) in [6.45, 7) is 2.01. The molecule has 7 rings (SSSR count). The fraction of sp³-hybridized carbons (Fsp3) is 0.133. The first-order valence-corrected chi connectivity index (χ1v) is 27.4. The maximum atomic E-state index is 14.0. The second kappa shape index (κ2) is 25.9. The van der Waals surface area contributed by atoms with Crippen LogP contribution in [0.3, 0.4) is 0 Å². The minimum Gasteiger partial charge on any atom is -0.571 e. The number of benzene rings is 5. The van der Waals surface area contributed by atoms with E-state index < -0.39 is 136 Å². The number of carbonyl (C=O) groups is 1. The average molecular weight is 1260 g/mol. The fourth-order valence-corrected chi connectivity index (χ4v) is 10.1. The second-order valence-electron chi connectivity index (χ2n) is 15.8. The number of halogens is 1. The summed E-state index contributed by atoms with van der Waals surface area (Å²) >= 11 is 6.18. The summed E-state index contributed by atoms with van der Waals surface area (Å²) < 4.78 is 131. The van der Waals surface area contributed by atoms with Gasteiger partial charge in [0.15, 0.2) is 17.5 Å². The van der Waals surface area contributed by atoms with E-state index in [1.165, 1.54) is 6.07 Å². The van der Waals surface area contributed by atoms with Crippen molar-refractivity contribution in [3.63, 3.8) is 0 Å². The molecule has 1 amide bonds. The van der Waals surface area contributed by atoms with E-state index in [0.717, 1.165) is 55.0 Å². The number of amidine groups is 1. The van der Waals surface area contributed by atoms with Gasteiger partial charge in [-0.15, -0.1) is 27.0 Å². The van der Waals surface area contributed by atoms with Crippen molar-refractivity contribution in [3.05, 3.63) is 140 Å². The summed E-state index contributed by atoms with van der Waals surface area (Å²) in [4.78, 5) is 47.6. The Kier molecular flexibility index (Phi) is 20.9. The Morgan fingerprint density at radius 2 is 1.49 bits per heavy atom. The normalized spacial score (nSPS) is 12.1. The number of hydrogen-bond acceptors (Lipinski definition) is 23. The van der Waals surface area contributed by atoms with Gasteiger partial charge in [0.1, 0.15) is 28.6 Å². The van der Waals surface area contributed by atoms with Crippen LogP contribution in [0.2, 0.25) is 5.28 Å². The van der Waals surface area contributed by atoms with Gasteiger partial charge in [0.25, 0.3) is 31.7 Å². The topological polar surface area (TPSA) is 468 Å². The smallest absolute Gasteiger partial charge is 0.571 e. The number of sulfone groups is 1. The van der Waals surface area contributed by atoms with Crippen molar-refractivity contribution in [2.24, 2.45) is 31.3 Å². The molecule has 36 heteroatoms. The van der Waals surface area contributed by atoms with Crippen LogP contribution >= 0.6 is 11.6 Å². The Morgan fingerprint density at radius 3 is 2.12 bits per heavy atom. The summed E-state index contributed by atoms with van der Waals surface area (Å²) in [5.41, 5.74) is 5.98. The summed E-state index contributed by atoms with van der Waals surface area (Å²) in [5.74, 6) is -5.94. The number of phenolic OH excluding ortho intramolecular Hbond substituents is 1. The van der Waals surface area contributed by atoms with Crippen molar-refractivity contribution in [1.29, 1.82) is 0 Å². The zero-order valence-electron chi connectivity index (χ0n) is 39.6. The first-order chi connectivity index (χ1) is 36.5. The van der Waals surface area contributed by atoms with Crippen LogP contribution < -0.4 is 21.9 Å². The van der Waals surface area contributed by atoms with Crippen LogP contribution in [0.15, 0.2) is 136 Å². The Morgan fingerprint density at radius 1 is 0.815 bits per heavy atom. The number of aryl methyl sites for hydroxylation is 1. The Bertz CT molecular complexity index is 4250. The number of rotatable bonds is 19. The maximum absolute atomic E-state index is 14.0. The van der Waals surface area contributed by atoms with Gasteiger partial charge in [0, 0.05) is 16.5 Å². The summed E-state index contributed by atoms with van der Waals surface area (Å²) in [6.07, 6.45) is 1.75. The Balaban J connectivity index is 0.00000470. The van der Waals surface area contributed by atoms with E-state index >= 15 is 0 Å². The van der Waals surface area contributed by atoms with Crippen molar-refractivity contribution in [2.75, 3.05) is 16.6 Å². The predicted molar refractivity (Wildman–Crippen MR) is 288 cm³/mol. The van der Waals surface area contributed by atoms with Gasteiger partial charge in [-0.3, -0.25) is 27.8 Å². The molecule has 0 saturated carbocycles. The van der Waals surface area contributed by atoms with E-state index in [1.807, 2.05) is 0 Å². The molecule has 0 bridgehead atoms. The van der Waals surface area contributed by atoms with E-state index in [0.29, 0.717) is 10.1 Å². The fourth-order valence-electron chi connectivity index (χ4n) is 6.88. The molecule has 2 aromatic heterocycles. The van der Waals surface area contributed by atoms with Crippen molar-refractivity contribution in [2.45, 2.75) is 50.1 Å². The molecule has 5 aromatic carbocycles. The number of phenols is 1. The van der Waals surface area contributed by atoms with Gasteiger partial charge in [-0.05, 0) is 60.8 Å². The van der Waals surface area contributed by atoms with Crippen molar-refractivity contribution in [1.82, 2.24) is 19.5 Å². The molecular weight excluding hydrogens is 1220 g/mol. The number of aromatic nitrogens is 4. The number of aromatic hydroxyl groups is 2. The minimum absolute atomic E-state index is 0. The van der Waals surface area contributed by atoms with Gasteiger partial charge in [0.05, 0.1) is 21.8 Å². The number of anilines is 3. The van der Waals surface area contributed by atoms with Crippen LogP contribution in [0, 0.1) is 13.8 Å². The molecule has 0 unspecified atom stereocenters. The van der Waals surface area contributed by atoms with Gasteiger partial charge >= 0.3 is 27.5 Å². The van der Waals surface area contributed by atoms with E-state index in [1.54, 1.807) is 55.7 Å². The van der Waals surface area contributed by atoms with Crippen LogP contribution in [0.5, 0.6) is 11.6 Å². The van der Waals surface area contributed by atoms with Crippen molar-refractivity contribution >= 4 is 121 Å². The minimum atomic E-state index is -5.27. The number of nitrogens with one attached hydrogen (secondary N) is 2. The molecule has 1 radical (unpaired) electrons. The molecular formula is C45H42ClCuN13O17S4. The molecule has 0 spiro atoms. The number of fused-ring (bicyclic) bond motifs is 1.